The lowest BCUT2D eigenvalue weighted by Crippen LogP contribution is -2.43. The average molecular weight is 480 g/mol. The van der Waals surface area contributed by atoms with E-state index < -0.39 is 39.8 Å². The highest BCUT2D eigenvalue weighted by atomic mass is 79.9. The van der Waals surface area contributed by atoms with E-state index in [9.17, 15) is 31.2 Å². The molecule has 0 saturated heterocycles. The summed E-state index contributed by atoms with van der Waals surface area (Å²) in [4.78, 5) is 24.4. The topological polar surface area (TPSA) is 89.9 Å². The van der Waals surface area contributed by atoms with Gasteiger partial charge in [0, 0.05) is 15.6 Å². The number of hydrogen-bond acceptors (Lipinski definition) is 5. The summed E-state index contributed by atoms with van der Waals surface area (Å²) in [5.41, 5.74) is -0.0556. The van der Waals surface area contributed by atoms with Gasteiger partial charge in [-0.05, 0) is 37.8 Å². The summed E-state index contributed by atoms with van der Waals surface area (Å²) >= 11 is 3.13. The smallest absolute Gasteiger partial charge is 0.454 e. The lowest BCUT2D eigenvalue weighted by Gasteiger charge is -2.20. The third kappa shape index (κ3) is 4.04. The molecule has 0 bridgehead atoms. The van der Waals surface area contributed by atoms with Crippen molar-refractivity contribution in [3.8, 4) is 0 Å². The number of nitrogens with zero attached hydrogens (tertiary/aromatic N) is 1. The molecule has 11 heteroatoms. The van der Waals surface area contributed by atoms with Crippen molar-refractivity contribution in [1.29, 1.82) is 0 Å². The van der Waals surface area contributed by atoms with E-state index in [1.54, 1.807) is 0 Å². The number of benzene rings is 1. The summed E-state index contributed by atoms with van der Waals surface area (Å²) in [6, 6.07) is 5.29. The lowest BCUT2D eigenvalue weighted by atomic mass is 9.98. The molecule has 1 aromatic carbocycles. The molecule has 0 spiro atoms. The Hall–Kier alpha value is -2.01. The highest BCUT2D eigenvalue weighted by Crippen LogP contribution is 2.36. The fraction of sp³-hybridized carbons (Fsp3) is 0.353. The normalized spacial score (nSPS) is 19.6. The number of ketones is 2. The second-order valence-electron chi connectivity index (χ2n) is 6.21. The predicted molar refractivity (Wildman–Crippen MR) is 96.3 cm³/mol. The molecule has 6 nitrogen and oxygen atoms in total. The van der Waals surface area contributed by atoms with Gasteiger partial charge in [-0.25, -0.2) is 0 Å². The van der Waals surface area contributed by atoms with Crippen LogP contribution in [0.1, 0.15) is 36.0 Å². The first-order valence-corrected chi connectivity index (χ1v) is 10.4. The van der Waals surface area contributed by atoms with Gasteiger partial charge in [-0.2, -0.15) is 21.6 Å². The van der Waals surface area contributed by atoms with Gasteiger partial charge < -0.3 is 4.74 Å². The number of rotatable bonds is 4. The van der Waals surface area contributed by atoms with Gasteiger partial charge in [-0.3, -0.25) is 9.59 Å². The number of allylic oxidation sites excluding steroid dienone is 1. The number of hydrogen-bond donors (Lipinski definition) is 0. The van der Waals surface area contributed by atoms with Crippen LogP contribution in [0.3, 0.4) is 0 Å². The van der Waals surface area contributed by atoms with Crippen molar-refractivity contribution >= 4 is 43.4 Å². The van der Waals surface area contributed by atoms with E-state index >= 15 is 0 Å². The summed E-state index contributed by atoms with van der Waals surface area (Å²) in [6.07, 6.45) is -6.33. The van der Waals surface area contributed by atoms with Crippen LogP contribution in [0.5, 0.6) is 0 Å². The molecule has 1 atom stereocenters. The molecule has 1 aromatic rings. The summed E-state index contributed by atoms with van der Waals surface area (Å²) in [5.74, 6) is -4.27. The lowest BCUT2D eigenvalue weighted by molar-refractivity contribution is -0.176. The first-order valence-electron chi connectivity index (χ1n) is 8.15. The van der Waals surface area contributed by atoms with Crippen molar-refractivity contribution in [2.75, 3.05) is 0 Å². The number of Topliss-reactive ketones (excluding diaryl/α,β-unsaturated/α-hetero) is 2. The van der Waals surface area contributed by atoms with Crippen LogP contribution < -0.4 is 0 Å². The molecule has 0 aromatic heterocycles. The van der Waals surface area contributed by atoms with E-state index in [1.807, 2.05) is 0 Å². The number of halogens is 4. The van der Waals surface area contributed by atoms with Gasteiger partial charge in [0.15, 0.2) is 0 Å². The average Bonchev–Trinajstić information content (AvgIpc) is 2.89. The zero-order valence-corrected chi connectivity index (χ0v) is 16.5. The molecule has 0 amide bonds. The fourth-order valence-electron chi connectivity index (χ4n) is 2.95. The zero-order valence-electron chi connectivity index (χ0n) is 14.1. The van der Waals surface area contributed by atoms with Crippen LogP contribution in [0, 0.1) is 0 Å². The third-order valence-corrected chi connectivity index (χ3v) is 6.31. The molecule has 2 aliphatic rings. The minimum atomic E-state index is -5.35. The quantitative estimate of drug-likeness (QED) is 0.484. The van der Waals surface area contributed by atoms with Crippen molar-refractivity contribution in [3.05, 3.63) is 44.8 Å². The predicted octanol–water partition coefficient (Wildman–Crippen LogP) is 3.72. The van der Waals surface area contributed by atoms with Crippen molar-refractivity contribution < 1.29 is 35.9 Å². The maximum atomic E-state index is 13.0. The molecular weight excluding hydrogens is 467 g/mol. The Morgan fingerprint density at radius 3 is 2.32 bits per heavy atom. The van der Waals surface area contributed by atoms with Gasteiger partial charge in [0.05, 0.1) is 4.91 Å². The molecule has 3 rings (SSSR count). The number of carbonyl (C=O) groups excluding carboxylic acids is 2. The molecule has 0 N–H and O–H groups in total. The minimum Gasteiger partial charge on any atom is -0.457 e. The SMILES string of the molecule is O=C(c1ccc(Br)cc1)C(OC1=NS(=O)(=O)C2=C1CCCC2)C(=O)C(F)(F)F. The van der Waals surface area contributed by atoms with Crippen LogP contribution in [0.4, 0.5) is 13.2 Å². The molecule has 0 radical (unpaired) electrons. The Morgan fingerprint density at radius 2 is 1.71 bits per heavy atom. The van der Waals surface area contributed by atoms with Crippen molar-refractivity contribution in [2.24, 2.45) is 4.40 Å². The van der Waals surface area contributed by atoms with E-state index in [2.05, 4.69) is 20.3 Å². The number of ether oxygens (including phenoxy) is 1. The van der Waals surface area contributed by atoms with E-state index in [-0.39, 0.29) is 28.9 Å². The highest BCUT2D eigenvalue weighted by molar-refractivity contribution is 9.10. The Balaban J connectivity index is 1.99. The highest BCUT2D eigenvalue weighted by Gasteiger charge is 2.49. The third-order valence-electron chi connectivity index (χ3n) is 4.30. The molecule has 1 unspecified atom stereocenters. The standard InChI is InChI=1S/C17H13BrF3NO5S/c18-10-7-5-9(6-8-10)13(23)14(15(24)17(19,20)21)27-16-11-3-1-2-4-12(11)28(25,26)22-16/h5-8,14H,1-4H2. The Bertz CT molecular complexity index is 997. The van der Waals surface area contributed by atoms with Gasteiger partial charge in [-0.1, -0.05) is 28.1 Å². The van der Waals surface area contributed by atoms with Crippen LogP contribution in [-0.4, -0.2) is 38.2 Å². The Labute approximate surface area is 166 Å². The van der Waals surface area contributed by atoms with Gasteiger partial charge in [0.1, 0.15) is 0 Å². The Kier molecular flexibility index (Phi) is 5.50. The largest absolute Gasteiger partial charge is 0.457 e. The van der Waals surface area contributed by atoms with Crippen molar-refractivity contribution in [3.63, 3.8) is 0 Å². The van der Waals surface area contributed by atoms with Crippen LogP contribution in [-0.2, 0) is 19.6 Å². The second-order valence-corrected chi connectivity index (χ2v) is 8.75. The fourth-order valence-corrected chi connectivity index (χ4v) is 4.60. The van der Waals surface area contributed by atoms with Crippen molar-refractivity contribution in [1.82, 2.24) is 0 Å². The van der Waals surface area contributed by atoms with Crippen LogP contribution in [0.2, 0.25) is 0 Å². The monoisotopic (exact) mass is 479 g/mol. The van der Waals surface area contributed by atoms with E-state index in [0.717, 1.165) is 0 Å². The maximum Gasteiger partial charge on any atom is 0.454 e. The second kappa shape index (κ2) is 7.43. The van der Waals surface area contributed by atoms with Crippen LogP contribution in [0.15, 0.2) is 43.6 Å². The van der Waals surface area contributed by atoms with Crippen LogP contribution >= 0.6 is 15.9 Å². The first kappa shape index (κ1) is 20.7. The minimum absolute atomic E-state index is 0.0250. The molecule has 0 fully saturated rings. The molecule has 28 heavy (non-hydrogen) atoms. The first-order chi connectivity index (χ1) is 13.0. The zero-order chi connectivity index (χ0) is 20.7. The van der Waals surface area contributed by atoms with E-state index in [4.69, 9.17) is 4.74 Å². The molecule has 150 valence electrons. The van der Waals surface area contributed by atoms with Crippen LogP contribution in [0.25, 0.3) is 0 Å². The van der Waals surface area contributed by atoms with Gasteiger partial charge in [0.25, 0.3) is 15.8 Å². The summed E-state index contributed by atoms with van der Waals surface area (Å²) in [6.45, 7) is 0. The van der Waals surface area contributed by atoms with Gasteiger partial charge in [-0.15, -0.1) is 4.40 Å². The number of sulfonamides is 1. The number of carbonyl (C=O) groups is 2. The molecule has 1 heterocycles. The number of alkyl halides is 3. The van der Waals surface area contributed by atoms with Crippen molar-refractivity contribution in [2.45, 2.75) is 38.0 Å². The molecule has 1 aliphatic carbocycles. The molecular formula is C17H13BrF3NO5S. The summed E-state index contributed by atoms with van der Waals surface area (Å²) in [5, 5.41) is 0. The molecule has 1 aliphatic heterocycles. The van der Waals surface area contributed by atoms with Gasteiger partial charge >= 0.3 is 6.18 Å². The maximum absolute atomic E-state index is 13.0. The van der Waals surface area contributed by atoms with E-state index in [1.165, 1.54) is 24.3 Å². The van der Waals surface area contributed by atoms with Gasteiger partial charge in [0.2, 0.25) is 17.8 Å². The summed E-state index contributed by atoms with van der Waals surface area (Å²) < 4.78 is 72.3. The van der Waals surface area contributed by atoms with E-state index in [0.29, 0.717) is 17.3 Å². The summed E-state index contributed by atoms with van der Waals surface area (Å²) in [7, 11) is -4.07. The molecule has 0 saturated carbocycles. The Morgan fingerprint density at radius 1 is 1.11 bits per heavy atom.